The van der Waals surface area contributed by atoms with Crippen LogP contribution in [-0.2, 0) is 26.1 Å². The predicted octanol–water partition coefficient (Wildman–Crippen LogP) is 1.53. The smallest absolute Gasteiger partial charge is 0.244 e. The Bertz CT molecular complexity index is 796. The van der Waals surface area contributed by atoms with Crippen LogP contribution in [0.4, 0.5) is 0 Å². The Morgan fingerprint density at radius 3 is 2.64 bits per heavy atom. The van der Waals surface area contributed by atoms with Crippen molar-refractivity contribution in [2.75, 3.05) is 20.3 Å². The number of nitrogens with one attached hydrogen (secondary N) is 2. The van der Waals surface area contributed by atoms with E-state index in [1.54, 1.807) is 30.3 Å². The van der Waals surface area contributed by atoms with Crippen molar-refractivity contribution < 1.29 is 22.4 Å². The number of carbonyl (C=O) groups is 1. The van der Waals surface area contributed by atoms with E-state index < -0.39 is 10.0 Å². The largest absolute Gasteiger partial charge is 0.465 e. The highest BCUT2D eigenvalue weighted by Gasteiger charge is 2.12. The number of hydrogen-bond acceptors (Lipinski definition) is 5. The summed E-state index contributed by atoms with van der Waals surface area (Å²) < 4.78 is 36.4. The topological polar surface area (TPSA) is 97.6 Å². The molecule has 2 rings (SSSR count). The zero-order valence-corrected chi connectivity index (χ0v) is 14.6. The minimum absolute atomic E-state index is 0.163. The predicted molar refractivity (Wildman–Crippen MR) is 93.1 cm³/mol. The Labute approximate surface area is 146 Å². The summed E-state index contributed by atoms with van der Waals surface area (Å²) in [6.45, 7) is 0.798. The van der Waals surface area contributed by atoms with Crippen molar-refractivity contribution in [3.63, 3.8) is 0 Å². The first-order chi connectivity index (χ1) is 12.0. The number of methoxy groups -OCH3 is 1. The number of amides is 1. The molecule has 25 heavy (non-hydrogen) atoms. The molecule has 7 nitrogen and oxygen atoms in total. The third-order valence-electron chi connectivity index (χ3n) is 3.24. The van der Waals surface area contributed by atoms with E-state index in [0.29, 0.717) is 18.9 Å². The lowest BCUT2D eigenvalue weighted by Crippen LogP contribution is -2.27. The van der Waals surface area contributed by atoms with Gasteiger partial charge in [0.1, 0.15) is 5.76 Å². The van der Waals surface area contributed by atoms with Crippen LogP contribution in [0.3, 0.4) is 0 Å². The Hall–Kier alpha value is -2.42. The molecule has 0 saturated carbocycles. The van der Waals surface area contributed by atoms with E-state index >= 15 is 0 Å². The highest BCUT2D eigenvalue weighted by Crippen LogP contribution is 2.10. The van der Waals surface area contributed by atoms with Gasteiger partial charge >= 0.3 is 0 Å². The molecule has 0 radical (unpaired) electrons. The molecule has 2 aromatic rings. The fourth-order valence-corrected chi connectivity index (χ4v) is 2.95. The first kappa shape index (κ1) is 18.9. The average molecular weight is 364 g/mol. The van der Waals surface area contributed by atoms with Crippen molar-refractivity contribution in [1.82, 2.24) is 10.0 Å². The average Bonchev–Trinajstić information content (AvgIpc) is 3.12. The van der Waals surface area contributed by atoms with Crippen LogP contribution in [0.2, 0.25) is 0 Å². The third-order valence-corrected chi connectivity index (χ3v) is 4.72. The number of carbonyl (C=O) groups excluding carboxylic acids is 1. The molecule has 0 bridgehead atoms. The summed E-state index contributed by atoms with van der Waals surface area (Å²) in [5, 5.41) is 2.71. The van der Waals surface area contributed by atoms with Gasteiger partial charge in [-0.3, -0.25) is 4.79 Å². The van der Waals surface area contributed by atoms with Crippen LogP contribution < -0.4 is 10.0 Å². The highest BCUT2D eigenvalue weighted by atomic mass is 32.2. The first-order valence-corrected chi connectivity index (χ1v) is 9.06. The van der Waals surface area contributed by atoms with Gasteiger partial charge in [0.15, 0.2) is 0 Å². The SMILES string of the molecule is COCCNS(=O)(=O)c1ccc(CNC(=O)/C=C/c2ccco2)cc1. The quantitative estimate of drug-likeness (QED) is 0.519. The Balaban J connectivity index is 1.86. The molecule has 0 fully saturated rings. The highest BCUT2D eigenvalue weighted by molar-refractivity contribution is 7.89. The van der Waals surface area contributed by atoms with Gasteiger partial charge in [0.25, 0.3) is 0 Å². The van der Waals surface area contributed by atoms with Crippen molar-refractivity contribution in [1.29, 1.82) is 0 Å². The molecular weight excluding hydrogens is 344 g/mol. The van der Waals surface area contributed by atoms with Crippen molar-refractivity contribution in [3.05, 3.63) is 60.1 Å². The van der Waals surface area contributed by atoms with Crippen LogP contribution in [0.5, 0.6) is 0 Å². The summed E-state index contributed by atoms with van der Waals surface area (Å²) in [6.07, 6.45) is 4.46. The molecule has 0 spiro atoms. The van der Waals surface area contributed by atoms with Gasteiger partial charge in [0, 0.05) is 26.3 Å². The van der Waals surface area contributed by atoms with Gasteiger partial charge in [-0.15, -0.1) is 0 Å². The maximum atomic E-state index is 12.0. The molecule has 0 unspecified atom stereocenters. The van der Waals surface area contributed by atoms with Crippen molar-refractivity contribution in [2.45, 2.75) is 11.4 Å². The summed E-state index contributed by atoms with van der Waals surface area (Å²) in [5.41, 5.74) is 0.788. The Morgan fingerprint density at radius 1 is 1.24 bits per heavy atom. The van der Waals surface area contributed by atoms with Crippen molar-refractivity contribution in [2.24, 2.45) is 0 Å². The molecular formula is C17H20N2O5S. The molecule has 1 aromatic heterocycles. The molecule has 0 aliphatic rings. The van der Waals surface area contributed by atoms with Crippen LogP contribution in [0.25, 0.3) is 6.08 Å². The van der Waals surface area contributed by atoms with Gasteiger partial charge in [0.05, 0.1) is 17.8 Å². The number of furan rings is 1. The van der Waals surface area contributed by atoms with Crippen LogP contribution in [0.1, 0.15) is 11.3 Å². The van der Waals surface area contributed by atoms with Crippen LogP contribution in [0, 0.1) is 0 Å². The standard InChI is InChI=1S/C17H20N2O5S/c1-23-12-10-19-25(21,22)16-7-4-14(5-8-16)13-18-17(20)9-6-15-3-2-11-24-15/h2-9,11,19H,10,12-13H2,1H3,(H,18,20)/b9-6+. The second-order valence-corrected chi connectivity index (χ2v) is 6.87. The van der Waals surface area contributed by atoms with E-state index in [9.17, 15) is 13.2 Å². The van der Waals surface area contributed by atoms with E-state index in [4.69, 9.17) is 9.15 Å². The lowest BCUT2D eigenvalue weighted by molar-refractivity contribution is -0.116. The molecule has 0 saturated heterocycles. The number of benzene rings is 1. The lowest BCUT2D eigenvalue weighted by atomic mass is 10.2. The Morgan fingerprint density at radius 2 is 2.00 bits per heavy atom. The van der Waals surface area contributed by atoms with Crippen LogP contribution in [-0.4, -0.2) is 34.6 Å². The first-order valence-electron chi connectivity index (χ1n) is 7.58. The minimum Gasteiger partial charge on any atom is -0.465 e. The second-order valence-electron chi connectivity index (χ2n) is 5.10. The van der Waals surface area contributed by atoms with Gasteiger partial charge in [-0.05, 0) is 35.9 Å². The van der Waals surface area contributed by atoms with Gasteiger partial charge < -0.3 is 14.5 Å². The number of hydrogen-bond donors (Lipinski definition) is 2. The third kappa shape index (κ3) is 6.18. The van der Waals surface area contributed by atoms with Crippen LogP contribution >= 0.6 is 0 Å². The number of ether oxygens (including phenoxy) is 1. The normalized spacial score (nSPS) is 11.7. The van der Waals surface area contributed by atoms with E-state index in [-0.39, 0.29) is 17.3 Å². The van der Waals surface area contributed by atoms with Crippen molar-refractivity contribution >= 4 is 22.0 Å². The van der Waals surface area contributed by atoms with Gasteiger partial charge in [-0.2, -0.15) is 0 Å². The molecule has 134 valence electrons. The molecule has 1 heterocycles. The van der Waals surface area contributed by atoms with Crippen molar-refractivity contribution in [3.8, 4) is 0 Å². The van der Waals surface area contributed by atoms with Gasteiger partial charge in [-0.1, -0.05) is 12.1 Å². The second kappa shape index (κ2) is 9.16. The summed E-state index contributed by atoms with van der Waals surface area (Å²) in [4.78, 5) is 11.9. The lowest BCUT2D eigenvalue weighted by Gasteiger charge is -2.07. The fourth-order valence-electron chi connectivity index (χ4n) is 1.94. The monoisotopic (exact) mass is 364 g/mol. The van der Waals surface area contributed by atoms with E-state index in [0.717, 1.165) is 5.56 Å². The molecule has 0 aliphatic carbocycles. The number of sulfonamides is 1. The summed E-state index contributed by atoms with van der Waals surface area (Å²) in [6, 6.07) is 9.77. The minimum atomic E-state index is -3.55. The number of rotatable bonds is 9. The zero-order valence-electron chi connectivity index (χ0n) is 13.8. The fraction of sp³-hybridized carbons (Fsp3) is 0.235. The maximum Gasteiger partial charge on any atom is 0.244 e. The zero-order chi connectivity index (χ0) is 18.1. The molecule has 2 N–H and O–H groups in total. The molecule has 1 amide bonds. The van der Waals surface area contributed by atoms with E-state index in [2.05, 4.69) is 10.0 Å². The van der Waals surface area contributed by atoms with E-state index in [1.807, 2.05) is 0 Å². The summed E-state index contributed by atoms with van der Waals surface area (Å²) in [5.74, 6) is 0.319. The Kier molecular flexibility index (Phi) is 6.93. The molecule has 8 heteroatoms. The van der Waals surface area contributed by atoms with Gasteiger partial charge in [0.2, 0.25) is 15.9 Å². The summed E-state index contributed by atoms with van der Waals surface area (Å²) >= 11 is 0. The maximum absolute atomic E-state index is 12.0. The molecule has 0 atom stereocenters. The van der Waals surface area contributed by atoms with E-state index in [1.165, 1.54) is 31.6 Å². The summed E-state index contributed by atoms with van der Waals surface area (Å²) in [7, 11) is -2.05. The van der Waals surface area contributed by atoms with Crippen LogP contribution in [0.15, 0.2) is 58.1 Å². The molecule has 1 aromatic carbocycles. The molecule has 0 aliphatic heterocycles. The van der Waals surface area contributed by atoms with Gasteiger partial charge in [-0.25, -0.2) is 13.1 Å².